The maximum Gasteiger partial charge on any atom is 0.263 e. The second-order valence-electron chi connectivity index (χ2n) is 7.18. The summed E-state index contributed by atoms with van der Waals surface area (Å²) in [6.07, 6.45) is -0.905. The van der Waals surface area contributed by atoms with Gasteiger partial charge in [-0.25, -0.2) is 8.78 Å². The summed E-state index contributed by atoms with van der Waals surface area (Å²) in [5.74, 6) is 0.755. The van der Waals surface area contributed by atoms with Crippen LogP contribution in [0.3, 0.4) is 0 Å². The molecule has 4 rings (SSSR count). The number of halogens is 2. The second kappa shape index (κ2) is 9.89. The number of pyridine rings is 1. The number of hydrogen-bond acceptors (Lipinski definition) is 6. The number of fused-ring (bicyclic) bond motifs is 1. The molecule has 0 radical (unpaired) electrons. The van der Waals surface area contributed by atoms with Crippen molar-refractivity contribution >= 4 is 28.0 Å². The molecule has 1 N–H and O–H groups in total. The van der Waals surface area contributed by atoms with Gasteiger partial charge < -0.3 is 24.4 Å². The highest BCUT2D eigenvalue weighted by atomic mass is 19.3. The van der Waals surface area contributed by atoms with Crippen molar-refractivity contribution in [3.8, 4) is 5.75 Å². The van der Waals surface area contributed by atoms with Crippen LogP contribution >= 0.6 is 0 Å². The van der Waals surface area contributed by atoms with E-state index in [-0.39, 0.29) is 5.56 Å². The topological polar surface area (TPSA) is 55.9 Å². The van der Waals surface area contributed by atoms with Crippen molar-refractivity contribution in [3.05, 3.63) is 54.2 Å². The SMILES string of the molecule is COCCOc1ccc(Nc2ccnc3cc(C(F)F)ccc23)c(N2CCOCC2)c1. The Bertz CT molecular complexity index is 1030. The van der Waals surface area contributed by atoms with Gasteiger partial charge >= 0.3 is 0 Å². The van der Waals surface area contributed by atoms with Gasteiger partial charge in [0.1, 0.15) is 12.4 Å². The summed E-state index contributed by atoms with van der Waals surface area (Å²) in [6, 6.07) is 12.3. The molecule has 1 saturated heterocycles. The van der Waals surface area contributed by atoms with E-state index in [4.69, 9.17) is 14.2 Å². The lowest BCUT2D eigenvalue weighted by Crippen LogP contribution is -2.36. The second-order valence-corrected chi connectivity index (χ2v) is 7.18. The van der Waals surface area contributed by atoms with Crippen LogP contribution in [0.1, 0.15) is 12.0 Å². The molecular weight excluding hydrogens is 404 g/mol. The number of nitrogens with one attached hydrogen (secondary N) is 1. The number of anilines is 3. The minimum Gasteiger partial charge on any atom is -0.491 e. The summed E-state index contributed by atoms with van der Waals surface area (Å²) in [4.78, 5) is 6.51. The highest BCUT2D eigenvalue weighted by Gasteiger charge is 2.17. The Morgan fingerprint density at radius 3 is 2.68 bits per heavy atom. The molecule has 0 amide bonds. The summed E-state index contributed by atoms with van der Waals surface area (Å²) in [7, 11) is 1.64. The minimum atomic E-state index is -2.53. The van der Waals surface area contributed by atoms with Crippen molar-refractivity contribution in [1.29, 1.82) is 0 Å². The van der Waals surface area contributed by atoms with Gasteiger partial charge in [0.05, 0.1) is 36.7 Å². The van der Waals surface area contributed by atoms with Gasteiger partial charge in [-0.15, -0.1) is 0 Å². The van der Waals surface area contributed by atoms with Gasteiger partial charge in [-0.2, -0.15) is 0 Å². The first-order valence-electron chi connectivity index (χ1n) is 10.2. The fraction of sp³-hybridized carbons (Fsp3) is 0.348. The lowest BCUT2D eigenvalue weighted by atomic mass is 10.1. The van der Waals surface area contributed by atoms with E-state index in [9.17, 15) is 8.78 Å². The Morgan fingerprint density at radius 1 is 1.06 bits per heavy atom. The van der Waals surface area contributed by atoms with E-state index in [0.29, 0.717) is 31.9 Å². The van der Waals surface area contributed by atoms with Crippen molar-refractivity contribution < 1.29 is 23.0 Å². The normalized spacial score (nSPS) is 14.3. The molecule has 31 heavy (non-hydrogen) atoms. The van der Waals surface area contributed by atoms with Crippen LogP contribution in [-0.4, -0.2) is 51.6 Å². The van der Waals surface area contributed by atoms with Crippen molar-refractivity contribution in [2.45, 2.75) is 6.43 Å². The molecule has 0 bridgehead atoms. The van der Waals surface area contributed by atoms with E-state index >= 15 is 0 Å². The molecular formula is C23H25F2N3O3. The number of hydrogen-bond donors (Lipinski definition) is 1. The number of ether oxygens (including phenoxy) is 3. The molecule has 1 fully saturated rings. The smallest absolute Gasteiger partial charge is 0.263 e. The molecule has 3 aromatic rings. The minimum absolute atomic E-state index is 0.0382. The van der Waals surface area contributed by atoms with Crippen LogP contribution in [0.25, 0.3) is 10.9 Å². The summed E-state index contributed by atoms with van der Waals surface area (Å²) >= 11 is 0. The van der Waals surface area contributed by atoms with Gasteiger partial charge in [-0.1, -0.05) is 12.1 Å². The monoisotopic (exact) mass is 429 g/mol. The average molecular weight is 429 g/mol. The Labute approximate surface area is 179 Å². The van der Waals surface area contributed by atoms with Gasteiger partial charge in [-0.3, -0.25) is 4.98 Å². The van der Waals surface area contributed by atoms with Crippen molar-refractivity contribution in [3.63, 3.8) is 0 Å². The number of aromatic nitrogens is 1. The molecule has 0 unspecified atom stereocenters. The van der Waals surface area contributed by atoms with Gasteiger partial charge in [0, 0.05) is 49.1 Å². The highest BCUT2D eigenvalue weighted by molar-refractivity contribution is 5.94. The van der Waals surface area contributed by atoms with Crippen LogP contribution in [-0.2, 0) is 9.47 Å². The van der Waals surface area contributed by atoms with E-state index in [1.54, 1.807) is 19.4 Å². The zero-order valence-electron chi connectivity index (χ0n) is 17.3. The molecule has 0 spiro atoms. The molecule has 1 aromatic heterocycles. The third-order valence-electron chi connectivity index (χ3n) is 5.17. The molecule has 0 aliphatic carbocycles. The lowest BCUT2D eigenvalue weighted by molar-refractivity contribution is 0.122. The molecule has 164 valence electrons. The Kier molecular flexibility index (Phi) is 6.79. The van der Waals surface area contributed by atoms with E-state index in [1.807, 2.05) is 24.3 Å². The van der Waals surface area contributed by atoms with Gasteiger partial charge in [-0.05, 0) is 24.3 Å². The first kappa shape index (κ1) is 21.3. The molecule has 1 aliphatic heterocycles. The number of methoxy groups -OCH3 is 1. The maximum absolute atomic E-state index is 13.1. The van der Waals surface area contributed by atoms with Crippen LogP contribution in [0.5, 0.6) is 5.75 Å². The van der Waals surface area contributed by atoms with Gasteiger partial charge in [0.2, 0.25) is 0 Å². The summed E-state index contributed by atoms with van der Waals surface area (Å²) < 4.78 is 42.5. The number of nitrogens with zero attached hydrogens (tertiary/aromatic N) is 2. The Morgan fingerprint density at radius 2 is 1.90 bits per heavy atom. The predicted molar refractivity (Wildman–Crippen MR) is 117 cm³/mol. The van der Waals surface area contributed by atoms with Crippen LogP contribution < -0.4 is 15.0 Å². The first-order valence-corrected chi connectivity index (χ1v) is 10.2. The standard InChI is InChI=1S/C23H25F2N3O3/c1-29-12-13-31-17-3-5-20(22(15-17)28-8-10-30-11-9-28)27-19-6-7-26-21-14-16(23(24)25)2-4-18(19)21/h2-7,14-15,23H,8-13H2,1H3,(H,26,27). The molecule has 0 atom stereocenters. The number of rotatable bonds is 8. The fourth-order valence-corrected chi connectivity index (χ4v) is 3.57. The molecule has 0 saturated carbocycles. The van der Waals surface area contributed by atoms with E-state index < -0.39 is 6.43 Å². The van der Waals surface area contributed by atoms with Gasteiger partial charge in [0.25, 0.3) is 6.43 Å². The molecule has 8 heteroatoms. The van der Waals surface area contributed by atoms with Crippen molar-refractivity contribution in [2.75, 3.05) is 56.8 Å². The Balaban J connectivity index is 1.66. The van der Waals surface area contributed by atoms with E-state index in [1.165, 1.54) is 12.1 Å². The average Bonchev–Trinajstić information content (AvgIpc) is 2.80. The zero-order chi connectivity index (χ0) is 21.6. The molecule has 6 nitrogen and oxygen atoms in total. The van der Waals surface area contributed by atoms with Crippen LogP contribution in [0, 0.1) is 0 Å². The zero-order valence-corrected chi connectivity index (χ0v) is 17.3. The van der Waals surface area contributed by atoms with Crippen molar-refractivity contribution in [1.82, 2.24) is 4.98 Å². The summed E-state index contributed by atoms with van der Waals surface area (Å²) in [5.41, 5.74) is 3.17. The maximum atomic E-state index is 13.1. The fourth-order valence-electron chi connectivity index (χ4n) is 3.57. The summed E-state index contributed by atoms with van der Waals surface area (Å²) in [6.45, 7) is 3.82. The third kappa shape index (κ3) is 5.03. The largest absolute Gasteiger partial charge is 0.491 e. The molecule has 2 heterocycles. The summed E-state index contributed by atoms with van der Waals surface area (Å²) in [5, 5.41) is 4.24. The predicted octanol–water partition coefficient (Wildman–Crippen LogP) is 4.78. The van der Waals surface area contributed by atoms with Crippen molar-refractivity contribution in [2.24, 2.45) is 0 Å². The van der Waals surface area contributed by atoms with E-state index in [0.717, 1.165) is 41.3 Å². The third-order valence-corrected chi connectivity index (χ3v) is 5.17. The van der Waals surface area contributed by atoms with Crippen LogP contribution in [0.4, 0.5) is 25.8 Å². The number of alkyl halides is 2. The molecule has 1 aliphatic rings. The number of morpholine rings is 1. The van der Waals surface area contributed by atoms with Crippen LogP contribution in [0.15, 0.2) is 48.7 Å². The first-order chi connectivity index (χ1) is 15.2. The van der Waals surface area contributed by atoms with E-state index in [2.05, 4.69) is 15.2 Å². The van der Waals surface area contributed by atoms with Crippen LogP contribution in [0.2, 0.25) is 0 Å². The Hall–Kier alpha value is -2.97. The number of benzene rings is 2. The van der Waals surface area contributed by atoms with Gasteiger partial charge in [0.15, 0.2) is 0 Å². The lowest BCUT2D eigenvalue weighted by Gasteiger charge is -2.31. The highest BCUT2D eigenvalue weighted by Crippen LogP contribution is 2.35. The molecule has 2 aromatic carbocycles. The quantitative estimate of drug-likeness (QED) is 0.520.